The predicted molar refractivity (Wildman–Crippen MR) is 109 cm³/mol. The smallest absolute Gasteiger partial charge is 0.130 e. The van der Waals surface area contributed by atoms with Crippen LogP contribution in [0.4, 0.5) is 0 Å². The molecule has 0 N–H and O–H groups in total. The molecule has 0 radical (unpaired) electrons. The van der Waals surface area contributed by atoms with Crippen LogP contribution in [0, 0.1) is 0 Å². The molecule has 0 aliphatic carbocycles. The van der Waals surface area contributed by atoms with Gasteiger partial charge in [-0.15, -0.1) is 0 Å². The van der Waals surface area contributed by atoms with Crippen LogP contribution in [0.25, 0.3) is 10.9 Å². The maximum Gasteiger partial charge on any atom is 0.130 e. The number of nitrogens with zero attached hydrogens (tertiary/aromatic N) is 1. The number of rotatable bonds is 6. The Balaban J connectivity index is 1.46. The molecule has 4 aromatic rings. The summed E-state index contributed by atoms with van der Waals surface area (Å²) < 4.78 is 12.1. The first-order valence-corrected chi connectivity index (χ1v) is 9.09. The average Bonchev–Trinajstić information content (AvgIpc) is 2.73. The first kappa shape index (κ1) is 17.1. The molecule has 1 aromatic heterocycles. The van der Waals surface area contributed by atoms with Crippen molar-refractivity contribution in [3.05, 3.63) is 96.7 Å². The standard InChI is InChI=1S/C24H21NO2/c1-18(17-26-24-14-15-25-23-13-6-5-12-22(23)24)19-8-7-11-21(16-19)27-20-9-3-2-4-10-20/h2-16,18H,17H2,1H3. The lowest BCUT2D eigenvalue weighted by molar-refractivity contribution is 0.299. The van der Waals surface area contributed by atoms with Crippen molar-refractivity contribution in [3.8, 4) is 17.2 Å². The minimum atomic E-state index is 0.233. The number of pyridine rings is 1. The summed E-state index contributed by atoms with van der Waals surface area (Å²) in [5, 5.41) is 1.04. The summed E-state index contributed by atoms with van der Waals surface area (Å²) in [6.45, 7) is 2.74. The van der Waals surface area contributed by atoms with E-state index in [0.29, 0.717) is 6.61 Å². The van der Waals surface area contributed by atoms with Gasteiger partial charge in [0.1, 0.15) is 17.2 Å². The number of hydrogen-bond acceptors (Lipinski definition) is 3. The lowest BCUT2D eigenvalue weighted by atomic mass is 10.0. The topological polar surface area (TPSA) is 31.4 Å². The Morgan fingerprint density at radius 2 is 1.59 bits per heavy atom. The Kier molecular flexibility index (Phi) is 5.01. The van der Waals surface area contributed by atoms with E-state index in [2.05, 4.69) is 24.0 Å². The van der Waals surface area contributed by atoms with E-state index in [1.54, 1.807) is 6.20 Å². The van der Waals surface area contributed by atoms with Gasteiger partial charge in [-0.25, -0.2) is 0 Å². The first-order chi connectivity index (χ1) is 13.3. The molecular formula is C24H21NO2. The molecule has 0 aliphatic rings. The minimum absolute atomic E-state index is 0.233. The molecule has 1 unspecified atom stereocenters. The fourth-order valence-corrected chi connectivity index (χ4v) is 3.02. The number of hydrogen-bond donors (Lipinski definition) is 0. The molecule has 1 heterocycles. The van der Waals surface area contributed by atoms with Gasteiger partial charge in [-0.3, -0.25) is 4.98 Å². The van der Waals surface area contributed by atoms with Gasteiger partial charge in [0, 0.05) is 17.5 Å². The molecular weight excluding hydrogens is 334 g/mol. The molecule has 0 amide bonds. The summed E-state index contributed by atoms with van der Waals surface area (Å²) in [4.78, 5) is 4.38. The largest absolute Gasteiger partial charge is 0.492 e. The van der Waals surface area contributed by atoms with Crippen LogP contribution in [-0.2, 0) is 0 Å². The molecule has 3 nitrogen and oxygen atoms in total. The van der Waals surface area contributed by atoms with Gasteiger partial charge >= 0.3 is 0 Å². The van der Waals surface area contributed by atoms with Crippen LogP contribution in [0.2, 0.25) is 0 Å². The summed E-state index contributed by atoms with van der Waals surface area (Å²) in [5.74, 6) is 2.77. The van der Waals surface area contributed by atoms with E-state index in [1.807, 2.05) is 72.8 Å². The van der Waals surface area contributed by atoms with Crippen LogP contribution in [0.15, 0.2) is 91.1 Å². The van der Waals surface area contributed by atoms with E-state index in [-0.39, 0.29) is 5.92 Å². The van der Waals surface area contributed by atoms with Gasteiger partial charge in [0.05, 0.1) is 12.1 Å². The van der Waals surface area contributed by atoms with E-state index < -0.39 is 0 Å². The number of ether oxygens (including phenoxy) is 2. The Bertz CT molecular complexity index is 1030. The third kappa shape index (κ3) is 4.09. The highest BCUT2D eigenvalue weighted by molar-refractivity contribution is 5.84. The van der Waals surface area contributed by atoms with Crippen molar-refractivity contribution in [2.24, 2.45) is 0 Å². The number of para-hydroxylation sites is 2. The molecule has 0 saturated heterocycles. The monoisotopic (exact) mass is 355 g/mol. The quantitative estimate of drug-likeness (QED) is 0.412. The predicted octanol–water partition coefficient (Wildman–Crippen LogP) is 6.21. The zero-order chi connectivity index (χ0) is 18.5. The van der Waals surface area contributed by atoms with Gasteiger partial charge in [-0.2, -0.15) is 0 Å². The molecule has 3 aromatic carbocycles. The van der Waals surface area contributed by atoms with Crippen LogP contribution in [0.3, 0.4) is 0 Å². The van der Waals surface area contributed by atoms with Crippen LogP contribution < -0.4 is 9.47 Å². The number of aromatic nitrogens is 1. The summed E-state index contributed by atoms with van der Waals surface area (Å²) in [6, 6.07) is 27.9. The maximum atomic E-state index is 6.11. The maximum absolute atomic E-state index is 6.11. The first-order valence-electron chi connectivity index (χ1n) is 9.09. The molecule has 0 bridgehead atoms. The van der Waals surface area contributed by atoms with Crippen molar-refractivity contribution >= 4 is 10.9 Å². The third-order valence-electron chi connectivity index (χ3n) is 4.50. The highest BCUT2D eigenvalue weighted by Crippen LogP contribution is 2.28. The Morgan fingerprint density at radius 1 is 0.815 bits per heavy atom. The molecule has 27 heavy (non-hydrogen) atoms. The highest BCUT2D eigenvalue weighted by Gasteiger charge is 2.10. The third-order valence-corrected chi connectivity index (χ3v) is 4.50. The van der Waals surface area contributed by atoms with Crippen molar-refractivity contribution in [3.63, 3.8) is 0 Å². The number of benzene rings is 3. The van der Waals surface area contributed by atoms with Gasteiger partial charge in [-0.1, -0.05) is 49.4 Å². The highest BCUT2D eigenvalue weighted by atomic mass is 16.5. The van der Waals surface area contributed by atoms with Crippen molar-refractivity contribution in [1.29, 1.82) is 0 Å². The van der Waals surface area contributed by atoms with E-state index in [0.717, 1.165) is 28.2 Å². The van der Waals surface area contributed by atoms with Crippen LogP contribution in [0.5, 0.6) is 17.2 Å². The van der Waals surface area contributed by atoms with Crippen molar-refractivity contribution in [2.75, 3.05) is 6.61 Å². The van der Waals surface area contributed by atoms with Crippen molar-refractivity contribution in [1.82, 2.24) is 4.98 Å². The van der Waals surface area contributed by atoms with E-state index in [1.165, 1.54) is 5.56 Å². The van der Waals surface area contributed by atoms with Crippen LogP contribution >= 0.6 is 0 Å². The number of fused-ring (bicyclic) bond motifs is 1. The van der Waals surface area contributed by atoms with Crippen molar-refractivity contribution < 1.29 is 9.47 Å². The second kappa shape index (κ2) is 7.92. The fraction of sp³-hybridized carbons (Fsp3) is 0.125. The van der Waals surface area contributed by atoms with Gasteiger partial charge < -0.3 is 9.47 Å². The average molecular weight is 355 g/mol. The molecule has 3 heteroatoms. The van der Waals surface area contributed by atoms with Crippen LogP contribution in [0.1, 0.15) is 18.4 Å². The van der Waals surface area contributed by atoms with Gasteiger partial charge in [0.2, 0.25) is 0 Å². The molecule has 134 valence electrons. The summed E-state index contributed by atoms with van der Waals surface area (Å²) in [7, 11) is 0. The van der Waals surface area contributed by atoms with Gasteiger partial charge in [0.25, 0.3) is 0 Å². The van der Waals surface area contributed by atoms with Crippen LogP contribution in [-0.4, -0.2) is 11.6 Å². The van der Waals surface area contributed by atoms with E-state index in [4.69, 9.17) is 9.47 Å². The minimum Gasteiger partial charge on any atom is -0.492 e. The summed E-state index contributed by atoms with van der Waals surface area (Å²) in [6.07, 6.45) is 1.79. The fourth-order valence-electron chi connectivity index (χ4n) is 3.02. The molecule has 1 atom stereocenters. The Hall–Kier alpha value is -3.33. The second-order valence-electron chi connectivity index (χ2n) is 6.53. The lowest BCUT2D eigenvalue weighted by Crippen LogP contribution is -2.07. The van der Waals surface area contributed by atoms with E-state index in [9.17, 15) is 0 Å². The Morgan fingerprint density at radius 3 is 2.48 bits per heavy atom. The Labute approximate surface area is 159 Å². The van der Waals surface area contributed by atoms with Crippen molar-refractivity contribution in [2.45, 2.75) is 12.8 Å². The molecule has 0 spiro atoms. The van der Waals surface area contributed by atoms with Gasteiger partial charge in [-0.05, 0) is 48.0 Å². The second-order valence-corrected chi connectivity index (χ2v) is 6.53. The lowest BCUT2D eigenvalue weighted by Gasteiger charge is -2.16. The summed E-state index contributed by atoms with van der Waals surface area (Å²) in [5.41, 5.74) is 2.13. The zero-order valence-electron chi connectivity index (χ0n) is 15.2. The normalized spacial score (nSPS) is 11.9. The molecule has 0 saturated carbocycles. The zero-order valence-corrected chi connectivity index (χ0v) is 15.2. The summed E-state index contributed by atoms with van der Waals surface area (Å²) >= 11 is 0. The molecule has 4 rings (SSSR count). The van der Waals surface area contributed by atoms with E-state index >= 15 is 0 Å². The SMILES string of the molecule is CC(COc1ccnc2ccccc12)c1cccc(Oc2ccccc2)c1. The molecule has 0 fully saturated rings. The molecule has 0 aliphatic heterocycles. The van der Waals surface area contributed by atoms with Gasteiger partial charge in [0.15, 0.2) is 0 Å².